The third kappa shape index (κ3) is 38.2. The summed E-state index contributed by atoms with van der Waals surface area (Å²) in [6.07, 6.45) is -80.1. The molecule has 133 heavy (non-hydrogen) atoms. The molecule has 21 aliphatic rings. The molecule has 21 heterocycles. The predicted molar refractivity (Wildman–Crippen MR) is 434 cm³/mol. The summed E-state index contributed by atoms with van der Waals surface area (Å²) >= 11 is 0. The standard InChI is InChI=1S/C70H126O56S7/c71-43-50(78)64-113-36(29-106-15-1-8-22-127(85,86)87)57(43)120-65-51(79)44(72)59(38(114-65)31-108-17-3-10-24-129(91,92)93)122-67-53(81)46(74)61(40(116-67)33-110-19-5-12-26-131(97,98)99)124-69-55(83)48(76)63(42(118-69)35-112-21-7-14-28-133(103,104)105)126-70-56(84)49(77)62(41(119-70)34-111-20-6-13-27-132(100,101)102)125-68-54(82)47(75)60(39(117-68)32-109-18-4-11-25-130(94,95)96)123-66-52(80)45(73)58(121-64)37(115-66)30-107-16-2-9-23-128(88,89)90/h36-84H,1-35H2,(H,85,86,87)(H,88,89,90)(H,91,92,93)(H,94,95,96)(H,97,98,99)(H,100,101,102)(H,103,104,105)/t36-,37-,38-,39-,40-,41-,42-,43-,44-,45-,46-,47-,48-,49-,50-,51-,52-,53-,54-,55-,56-,57-,58-,59-,60-,61-,62-,63-,64-,65-,66-,67-,68-,69-,70-/m1/s1. The van der Waals surface area contributed by atoms with Gasteiger partial charge in [0.25, 0.3) is 70.8 Å². The lowest BCUT2D eigenvalue weighted by Gasteiger charge is -2.50. The van der Waals surface area contributed by atoms with Crippen molar-refractivity contribution < 1.29 is 262 Å². The summed E-state index contributed by atoms with van der Waals surface area (Å²) in [6.45, 7) is -8.33. The van der Waals surface area contributed by atoms with Gasteiger partial charge in [-0.15, -0.1) is 0 Å². The normalized spacial score (nSPS) is 37.9. The second-order valence-electron chi connectivity index (χ2n) is 32.9. The van der Waals surface area contributed by atoms with Gasteiger partial charge in [0.15, 0.2) is 44.0 Å². The lowest BCUT2D eigenvalue weighted by atomic mass is 9.95. The summed E-state index contributed by atoms with van der Waals surface area (Å²) in [5.74, 6) is -5.29. The van der Waals surface area contributed by atoms with E-state index in [2.05, 4.69) is 0 Å². The maximum absolute atomic E-state index is 12.3. The van der Waals surface area contributed by atoms with E-state index in [0.29, 0.717) is 0 Å². The van der Waals surface area contributed by atoms with Crippen LogP contribution in [0.25, 0.3) is 0 Å². The number of aliphatic hydroxyl groups excluding tert-OH is 14. The van der Waals surface area contributed by atoms with Crippen molar-refractivity contribution in [3.63, 3.8) is 0 Å². The van der Waals surface area contributed by atoms with E-state index in [0.717, 1.165) is 0 Å². The summed E-state index contributed by atoms with van der Waals surface area (Å²) in [5, 5.41) is 172. The fourth-order valence-corrected chi connectivity index (χ4v) is 19.1. The maximum atomic E-state index is 12.3. The molecule has 21 aliphatic heterocycles. The quantitative estimate of drug-likeness (QED) is 0.0199. The first-order chi connectivity index (χ1) is 62.2. The van der Waals surface area contributed by atoms with Crippen molar-refractivity contribution in [1.29, 1.82) is 0 Å². The Balaban J connectivity index is 1.24. The molecule has 0 aromatic carbocycles. The van der Waals surface area contributed by atoms with Crippen LogP contribution in [0.15, 0.2) is 0 Å². The highest BCUT2D eigenvalue weighted by atomic mass is 32.2. The van der Waals surface area contributed by atoms with Crippen LogP contribution in [-0.2, 0) is 170 Å². The molecule has 0 saturated carbocycles. The van der Waals surface area contributed by atoms with E-state index < -0.39 is 372 Å². The van der Waals surface area contributed by atoms with E-state index >= 15 is 0 Å². The molecule has 35 atom stereocenters. The monoisotopic (exact) mass is 2090 g/mol. The fourth-order valence-electron chi connectivity index (χ4n) is 15.1. The topological polar surface area (TPSA) is 858 Å². The Morgan fingerprint density at radius 1 is 0.158 bits per heavy atom. The van der Waals surface area contributed by atoms with Crippen LogP contribution in [0, 0.1) is 0 Å². The van der Waals surface area contributed by atoms with Crippen molar-refractivity contribution in [3.8, 4) is 0 Å². The molecule has 0 aromatic rings. The lowest BCUT2D eigenvalue weighted by Crippen LogP contribution is -2.68. The summed E-state index contributed by atoms with van der Waals surface area (Å²) in [7, 11) is -31.6. The van der Waals surface area contributed by atoms with Crippen LogP contribution in [0.2, 0.25) is 0 Å². The average molecular weight is 2090 g/mol. The van der Waals surface area contributed by atoms with E-state index in [1.807, 2.05) is 0 Å². The average Bonchev–Trinajstić information content (AvgIpc) is 0.861. The first-order valence-electron chi connectivity index (χ1n) is 42.6. The van der Waals surface area contributed by atoms with Crippen LogP contribution in [-0.4, -0.2) is 510 Å². The second-order valence-corrected chi connectivity index (χ2v) is 43.9. The molecule has 0 unspecified atom stereocenters. The van der Waals surface area contributed by atoms with Crippen LogP contribution < -0.4 is 0 Å². The highest BCUT2D eigenvalue weighted by Crippen LogP contribution is 2.40. The van der Waals surface area contributed by atoms with Gasteiger partial charge in [0.1, 0.15) is 171 Å². The van der Waals surface area contributed by atoms with Gasteiger partial charge in [-0.25, -0.2) is 0 Å². The van der Waals surface area contributed by atoms with Crippen LogP contribution in [0.1, 0.15) is 89.9 Å². The molecule has 21 fully saturated rings. The summed E-state index contributed by atoms with van der Waals surface area (Å²) in [6, 6.07) is 0. The van der Waals surface area contributed by atoms with Crippen molar-refractivity contribution in [2.45, 2.75) is 305 Å². The van der Waals surface area contributed by atoms with Crippen molar-refractivity contribution in [3.05, 3.63) is 0 Å². The van der Waals surface area contributed by atoms with Crippen LogP contribution in [0.5, 0.6) is 0 Å². The Bertz CT molecular complexity index is 3520. The van der Waals surface area contributed by atoms with Crippen LogP contribution in [0.3, 0.4) is 0 Å². The summed E-state index contributed by atoms with van der Waals surface area (Å²) in [4.78, 5) is 0. The minimum Gasteiger partial charge on any atom is -0.387 e. The highest BCUT2D eigenvalue weighted by Gasteiger charge is 2.60. The van der Waals surface area contributed by atoms with Crippen molar-refractivity contribution in [2.24, 2.45) is 0 Å². The van der Waals surface area contributed by atoms with E-state index in [-0.39, 0.29) is 136 Å². The molecule has 0 radical (unpaired) electrons. The molecule has 14 bridgehead atoms. The number of ether oxygens (including phenoxy) is 21. The molecule has 0 aromatic heterocycles. The Labute approximate surface area is 766 Å². The molecular weight excluding hydrogens is 1960 g/mol. The molecule has 21 N–H and O–H groups in total. The molecule has 21 saturated heterocycles. The van der Waals surface area contributed by atoms with Gasteiger partial charge in [-0.1, -0.05) is 0 Å². The Morgan fingerprint density at radius 3 is 0.361 bits per heavy atom. The van der Waals surface area contributed by atoms with Gasteiger partial charge < -0.3 is 171 Å². The van der Waals surface area contributed by atoms with E-state index in [1.165, 1.54) is 0 Å². The molecule has 0 aliphatic carbocycles. The zero-order valence-electron chi connectivity index (χ0n) is 71.5. The van der Waals surface area contributed by atoms with Gasteiger partial charge in [-0.05, 0) is 89.9 Å². The first kappa shape index (κ1) is 116. The third-order valence-electron chi connectivity index (χ3n) is 22.1. The molecule has 63 heteroatoms. The Morgan fingerprint density at radius 2 is 0.263 bits per heavy atom. The van der Waals surface area contributed by atoms with Gasteiger partial charge in [0.05, 0.1) is 86.5 Å². The summed E-state index contributed by atoms with van der Waals surface area (Å²) < 4.78 is 357. The van der Waals surface area contributed by atoms with Crippen LogP contribution in [0.4, 0.5) is 0 Å². The van der Waals surface area contributed by atoms with Gasteiger partial charge in [-0.2, -0.15) is 58.9 Å². The van der Waals surface area contributed by atoms with Gasteiger partial charge in [0.2, 0.25) is 0 Å². The van der Waals surface area contributed by atoms with E-state index in [9.17, 15) is 162 Å². The fraction of sp³-hybridized carbons (Fsp3) is 1.00. The minimum atomic E-state index is -4.52. The highest BCUT2D eigenvalue weighted by molar-refractivity contribution is 7.87. The molecule has 56 nitrogen and oxygen atoms in total. The molecule has 0 spiro atoms. The van der Waals surface area contributed by atoms with Crippen molar-refractivity contribution >= 4 is 70.8 Å². The first-order valence-corrected chi connectivity index (χ1v) is 53.8. The SMILES string of the molecule is O=S(=O)(O)CCCCOC[C@H]1O[C@@H]2O[C@H]3[C@H](O)[C@@H](O)[C@@H](O[C@H]4[C@H](O)[C@@H](O)[C@@H](O[C@H]5[C@H](O)[C@@H](O)[C@@H](O[C@H]6[C@H](O)[C@@H](O)[C@@H](O[C@H]7[C@H](O)[C@@H](O)[C@@H](O[C@H]8[C@H](O)[C@@H](O)[C@@H](O[C@H]1[C@H](O)[C@H]2O)O[C@@H]8COCCCCS(=O)(=O)O)O[C@@H]7COCCCCS(=O)(=O)O)O[C@@H]6COCCCCS(=O)(=O)O)O[C@@H]5COCCCCS(=O)(=O)O)O[C@@H]4COCCCCS(=O)(=O)O)O[C@@H]3COCCCCS(=O)(=O)O. The maximum Gasteiger partial charge on any atom is 0.264 e. The Hall–Kier alpha value is -2.03. The second kappa shape index (κ2) is 53.5. The van der Waals surface area contributed by atoms with Gasteiger partial charge in [0, 0.05) is 46.2 Å². The Kier molecular flexibility index (Phi) is 46.8. The lowest BCUT2D eigenvalue weighted by molar-refractivity contribution is -0.397. The van der Waals surface area contributed by atoms with E-state index in [1.54, 1.807) is 0 Å². The van der Waals surface area contributed by atoms with E-state index in [4.69, 9.17) is 99.5 Å². The minimum absolute atomic E-state index is 0.120. The van der Waals surface area contributed by atoms with Crippen molar-refractivity contribution in [1.82, 2.24) is 0 Å². The number of hydrogen-bond donors (Lipinski definition) is 21. The van der Waals surface area contributed by atoms with Crippen molar-refractivity contribution in [2.75, 3.05) is 133 Å². The van der Waals surface area contributed by atoms with Gasteiger partial charge >= 0.3 is 0 Å². The number of hydrogen-bond acceptors (Lipinski definition) is 49. The van der Waals surface area contributed by atoms with Crippen LogP contribution >= 0.6 is 0 Å². The number of unbranched alkanes of at least 4 members (excludes halogenated alkanes) is 7. The van der Waals surface area contributed by atoms with Gasteiger partial charge in [-0.3, -0.25) is 31.9 Å². The zero-order valence-corrected chi connectivity index (χ0v) is 77.2. The summed E-state index contributed by atoms with van der Waals surface area (Å²) in [5.41, 5.74) is 0. The molecule has 784 valence electrons. The largest absolute Gasteiger partial charge is 0.387 e. The zero-order chi connectivity index (χ0) is 98.3. The predicted octanol–water partition coefficient (Wildman–Crippen LogP) is -10.4. The molecule has 0 amide bonds. The number of rotatable bonds is 49. The third-order valence-corrected chi connectivity index (χ3v) is 27.7. The molecule has 21 rings (SSSR count). The molecular formula is C70H126O56S7. The smallest absolute Gasteiger partial charge is 0.264 e. The number of aliphatic hydroxyl groups is 14.